The molecule has 0 heterocycles. The summed E-state index contributed by atoms with van der Waals surface area (Å²) in [6, 6.07) is 14.4. The van der Waals surface area contributed by atoms with Gasteiger partial charge in [0, 0.05) is 10.0 Å². The standard InChI is InChI=1S/C18H13BrClNO2/c19-15-12-13(6-7-16(15)20)8-9-18(10-11-18)21-17(22)23-14-4-2-1-3-5-14/h1-7,12H,10-11H2,(H,21,22). The van der Waals surface area contributed by atoms with Crippen molar-refractivity contribution in [2.24, 2.45) is 0 Å². The average Bonchev–Trinajstić information content (AvgIpc) is 3.29. The topological polar surface area (TPSA) is 38.3 Å². The van der Waals surface area contributed by atoms with Crippen molar-refractivity contribution in [1.82, 2.24) is 5.32 Å². The summed E-state index contributed by atoms with van der Waals surface area (Å²) in [7, 11) is 0. The van der Waals surface area contributed by atoms with Crippen LogP contribution in [-0.2, 0) is 0 Å². The van der Waals surface area contributed by atoms with Gasteiger partial charge < -0.3 is 10.1 Å². The number of rotatable bonds is 2. The minimum absolute atomic E-state index is 0.486. The van der Waals surface area contributed by atoms with Crippen LogP contribution in [0.4, 0.5) is 4.79 Å². The fourth-order valence-electron chi connectivity index (χ4n) is 1.99. The van der Waals surface area contributed by atoms with Crippen molar-refractivity contribution in [3.63, 3.8) is 0 Å². The van der Waals surface area contributed by atoms with Crippen molar-refractivity contribution in [2.45, 2.75) is 18.4 Å². The predicted molar refractivity (Wildman–Crippen MR) is 93.6 cm³/mol. The Bertz CT molecular complexity index is 792. The van der Waals surface area contributed by atoms with Crippen LogP contribution < -0.4 is 10.1 Å². The van der Waals surface area contributed by atoms with Crippen LogP contribution in [0.3, 0.4) is 0 Å². The molecule has 0 spiro atoms. The molecule has 0 unspecified atom stereocenters. The van der Waals surface area contributed by atoms with Crippen LogP contribution in [-0.4, -0.2) is 11.6 Å². The number of ether oxygens (including phenoxy) is 1. The van der Waals surface area contributed by atoms with Gasteiger partial charge in [-0.1, -0.05) is 41.6 Å². The third kappa shape index (κ3) is 4.28. The second kappa shape index (κ2) is 6.66. The fraction of sp³-hybridized carbons (Fsp3) is 0.167. The molecule has 3 nitrogen and oxygen atoms in total. The van der Waals surface area contributed by atoms with E-state index in [1.54, 1.807) is 18.2 Å². The summed E-state index contributed by atoms with van der Waals surface area (Å²) in [5.41, 5.74) is 0.351. The van der Waals surface area contributed by atoms with Gasteiger partial charge >= 0.3 is 6.09 Å². The molecular weight excluding hydrogens is 378 g/mol. The molecule has 0 aliphatic heterocycles. The molecule has 23 heavy (non-hydrogen) atoms. The first-order valence-corrected chi connectivity index (χ1v) is 8.27. The molecule has 2 aromatic rings. The molecule has 1 saturated carbocycles. The Morgan fingerprint density at radius 3 is 2.61 bits per heavy atom. The van der Waals surface area contributed by atoms with Crippen LogP contribution in [0.25, 0.3) is 0 Å². The van der Waals surface area contributed by atoms with E-state index in [1.807, 2.05) is 30.3 Å². The summed E-state index contributed by atoms with van der Waals surface area (Å²) in [6.45, 7) is 0. The van der Waals surface area contributed by atoms with Crippen molar-refractivity contribution in [3.05, 3.63) is 63.6 Å². The second-order valence-corrected chi connectivity index (χ2v) is 6.55. The number of hydrogen-bond acceptors (Lipinski definition) is 2. The molecule has 1 N–H and O–H groups in total. The lowest BCUT2D eigenvalue weighted by Crippen LogP contribution is -2.37. The van der Waals surface area contributed by atoms with E-state index in [9.17, 15) is 4.79 Å². The van der Waals surface area contributed by atoms with Gasteiger partial charge in [0.15, 0.2) is 0 Å². The van der Waals surface area contributed by atoms with Crippen LogP contribution in [0.1, 0.15) is 18.4 Å². The van der Waals surface area contributed by atoms with Crippen LogP contribution in [0.15, 0.2) is 53.0 Å². The highest BCUT2D eigenvalue weighted by Gasteiger charge is 2.43. The molecule has 1 fully saturated rings. The van der Waals surface area contributed by atoms with E-state index in [2.05, 4.69) is 33.1 Å². The third-order valence-corrected chi connectivity index (χ3v) is 4.62. The van der Waals surface area contributed by atoms with Crippen molar-refractivity contribution in [2.75, 3.05) is 0 Å². The zero-order valence-electron chi connectivity index (χ0n) is 12.1. The van der Waals surface area contributed by atoms with Gasteiger partial charge in [-0.15, -0.1) is 0 Å². The number of para-hydroxylation sites is 1. The molecule has 2 aromatic carbocycles. The van der Waals surface area contributed by atoms with Crippen molar-refractivity contribution >= 4 is 33.6 Å². The van der Waals surface area contributed by atoms with Gasteiger partial charge in [-0.25, -0.2) is 4.79 Å². The van der Waals surface area contributed by atoms with Crippen molar-refractivity contribution in [3.8, 4) is 17.6 Å². The maximum Gasteiger partial charge on any atom is 0.413 e. The van der Waals surface area contributed by atoms with Crippen LogP contribution >= 0.6 is 27.5 Å². The summed E-state index contributed by atoms with van der Waals surface area (Å²) in [4.78, 5) is 12.0. The lowest BCUT2D eigenvalue weighted by Gasteiger charge is -2.11. The fourth-order valence-corrected chi connectivity index (χ4v) is 2.48. The summed E-state index contributed by atoms with van der Waals surface area (Å²) >= 11 is 9.33. The Morgan fingerprint density at radius 2 is 1.96 bits per heavy atom. The smallest absolute Gasteiger partial charge is 0.410 e. The monoisotopic (exact) mass is 389 g/mol. The normalized spacial score (nSPS) is 14.3. The Hall–Kier alpha value is -1.96. The summed E-state index contributed by atoms with van der Waals surface area (Å²) in [6.07, 6.45) is 1.15. The zero-order valence-corrected chi connectivity index (χ0v) is 14.4. The van der Waals surface area contributed by atoms with Gasteiger partial charge in [0.05, 0.1) is 5.02 Å². The number of benzene rings is 2. The molecule has 116 valence electrons. The molecule has 0 radical (unpaired) electrons. The molecular formula is C18H13BrClNO2. The van der Waals surface area contributed by atoms with Gasteiger partial charge in [-0.3, -0.25) is 0 Å². The first-order valence-electron chi connectivity index (χ1n) is 7.10. The van der Waals surface area contributed by atoms with Gasteiger partial charge in [0.25, 0.3) is 0 Å². The van der Waals surface area contributed by atoms with E-state index in [-0.39, 0.29) is 0 Å². The van der Waals surface area contributed by atoms with Gasteiger partial charge in [-0.05, 0) is 59.1 Å². The van der Waals surface area contributed by atoms with E-state index >= 15 is 0 Å². The van der Waals surface area contributed by atoms with Gasteiger partial charge in [0.2, 0.25) is 0 Å². The highest BCUT2D eigenvalue weighted by atomic mass is 79.9. The first-order chi connectivity index (χ1) is 11.1. The van der Waals surface area contributed by atoms with Gasteiger partial charge in [0.1, 0.15) is 11.3 Å². The minimum Gasteiger partial charge on any atom is -0.410 e. The Labute approximate surface area is 148 Å². The molecule has 3 rings (SSSR count). The first kappa shape index (κ1) is 15.9. The zero-order chi connectivity index (χ0) is 16.3. The molecule has 0 atom stereocenters. The van der Waals surface area contributed by atoms with Crippen LogP contribution in [0.5, 0.6) is 5.75 Å². The molecule has 0 aromatic heterocycles. The number of halogens is 2. The van der Waals surface area contributed by atoms with E-state index < -0.39 is 11.6 Å². The van der Waals surface area contributed by atoms with E-state index in [1.165, 1.54) is 0 Å². The van der Waals surface area contributed by atoms with Crippen LogP contribution in [0.2, 0.25) is 5.02 Å². The minimum atomic E-state index is -0.488. The maximum absolute atomic E-state index is 12.0. The van der Waals surface area contributed by atoms with E-state index in [0.29, 0.717) is 10.8 Å². The maximum atomic E-state index is 12.0. The summed E-state index contributed by atoms with van der Waals surface area (Å²) in [5.74, 6) is 6.71. The highest BCUT2D eigenvalue weighted by Crippen LogP contribution is 2.35. The predicted octanol–water partition coefficient (Wildman–Crippen LogP) is 4.78. The Morgan fingerprint density at radius 1 is 1.22 bits per heavy atom. The largest absolute Gasteiger partial charge is 0.413 e. The molecule has 5 heteroatoms. The second-order valence-electron chi connectivity index (χ2n) is 5.29. The van der Waals surface area contributed by atoms with Gasteiger partial charge in [-0.2, -0.15) is 0 Å². The lowest BCUT2D eigenvalue weighted by molar-refractivity contribution is 0.197. The average molecular weight is 391 g/mol. The molecule has 0 bridgehead atoms. The third-order valence-electron chi connectivity index (χ3n) is 3.41. The quantitative estimate of drug-likeness (QED) is 0.750. The molecule has 0 saturated heterocycles. The SMILES string of the molecule is O=C(NC1(C#Cc2ccc(Cl)c(Br)c2)CC1)Oc1ccccc1. The Kier molecular flexibility index (Phi) is 4.61. The van der Waals surface area contributed by atoms with Crippen LogP contribution in [0, 0.1) is 11.8 Å². The van der Waals surface area contributed by atoms with E-state index in [4.69, 9.17) is 16.3 Å². The Balaban J connectivity index is 1.65. The number of carbonyl (C=O) groups is 1. The highest BCUT2D eigenvalue weighted by molar-refractivity contribution is 9.10. The van der Waals surface area contributed by atoms with Crippen molar-refractivity contribution in [1.29, 1.82) is 0 Å². The van der Waals surface area contributed by atoms with Crippen molar-refractivity contribution < 1.29 is 9.53 Å². The molecule has 1 aliphatic rings. The number of hydrogen-bond donors (Lipinski definition) is 1. The number of amides is 1. The number of carbonyl (C=O) groups excluding carboxylic acids is 1. The molecule has 1 amide bonds. The lowest BCUT2D eigenvalue weighted by atomic mass is 10.2. The van der Waals surface area contributed by atoms with E-state index in [0.717, 1.165) is 22.9 Å². The number of nitrogens with one attached hydrogen (secondary N) is 1. The molecule has 1 aliphatic carbocycles. The summed E-state index contributed by atoms with van der Waals surface area (Å²) < 4.78 is 6.03. The summed E-state index contributed by atoms with van der Waals surface area (Å²) in [5, 5.41) is 3.48.